The van der Waals surface area contributed by atoms with Crippen LogP contribution in [0.3, 0.4) is 0 Å². The fourth-order valence-corrected chi connectivity index (χ4v) is 4.35. The summed E-state index contributed by atoms with van der Waals surface area (Å²) >= 11 is 0. The molecule has 1 fully saturated rings. The molecule has 29 heavy (non-hydrogen) atoms. The van der Waals surface area contributed by atoms with Crippen LogP contribution in [-0.4, -0.2) is 44.5 Å². The van der Waals surface area contributed by atoms with Crippen LogP contribution in [0.1, 0.15) is 44.2 Å². The zero-order valence-electron chi connectivity index (χ0n) is 17.9. The topological polar surface area (TPSA) is 56.7 Å². The molecule has 6 heteroatoms. The van der Waals surface area contributed by atoms with Crippen LogP contribution in [-0.2, 0) is 4.79 Å². The highest BCUT2D eigenvalue weighted by molar-refractivity contribution is 14.0. The number of fused-ring (bicyclic) bond motifs is 1. The number of hydrogen-bond acceptors (Lipinski definition) is 2. The molecule has 2 aromatic rings. The molecule has 2 N–H and O–H groups in total. The standard InChI is InChI=1S/C23H32N4O.HI/c1-17(19-13-9-11-18-10-5-6-12-20(18)19)26-22(24-2)25-16-23(14-7-8-15-23)21(28)27(3)4;/h5-6,9-13,17H,7-8,14-16H2,1-4H3,(H2,24,25,26);1H. The minimum absolute atomic E-state index is 0. The number of guanidine groups is 1. The van der Waals surface area contributed by atoms with Crippen molar-refractivity contribution in [1.82, 2.24) is 15.5 Å². The van der Waals surface area contributed by atoms with Crippen LogP contribution < -0.4 is 10.6 Å². The number of benzene rings is 2. The van der Waals surface area contributed by atoms with Crippen LogP contribution in [0, 0.1) is 5.41 Å². The fourth-order valence-electron chi connectivity index (χ4n) is 4.35. The Morgan fingerprint density at radius 2 is 1.79 bits per heavy atom. The highest BCUT2D eigenvalue weighted by Gasteiger charge is 2.42. The summed E-state index contributed by atoms with van der Waals surface area (Å²) in [6.07, 6.45) is 4.10. The van der Waals surface area contributed by atoms with Gasteiger partial charge >= 0.3 is 0 Å². The van der Waals surface area contributed by atoms with E-state index in [0.717, 1.165) is 31.6 Å². The molecule has 158 valence electrons. The Balaban J connectivity index is 0.00000300. The summed E-state index contributed by atoms with van der Waals surface area (Å²) in [5.41, 5.74) is 0.921. The lowest BCUT2D eigenvalue weighted by atomic mass is 9.84. The van der Waals surface area contributed by atoms with Crippen molar-refractivity contribution < 1.29 is 4.79 Å². The van der Waals surface area contributed by atoms with Crippen molar-refractivity contribution in [3.8, 4) is 0 Å². The number of nitrogens with one attached hydrogen (secondary N) is 2. The molecule has 2 aromatic carbocycles. The van der Waals surface area contributed by atoms with E-state index in [1.807, 2.05) is 14.1 Å². The predicted molar refractivity (Wildman–Crippen MR) is 132 cm³/mol. The maximum Gasteiger partial charge on any atom is 0.230 e. The van der Waals surface area contributed by atoms with Crippen molar-refractivity contribution in [2.24, 2.45) is 10.4 Å². The summed E-state index contributed by atoms with van der Waals surface area (Å²) in [5.74, 6) is 0.952. The van der Waals surface area contributed by atoms with E-state index in [1.54, 1.807) is 11.9 Å². The van der Waals surface area contributed by atoms with Gasteiger partial charge in [0.15, 0.2) is 5.96 Å². The summed E-state index contributed by atoms with van der Waals surface area (Å²) < 4.78 is 0. The SMILES string of the molecule is CN=C(NCC1(C(=O)N(C)C)CCCC1)NC(C)c1cccc2ccccc12.I. The number of nitrogens with zero attached hydrogens (tertiary/aromatic N) is 2. The van der Waals surface area contributed by atoms with Gasteiger partial charge in [-0.25, -0.2) is 0 Å². The first-order valence-corrected chi connectivity index (χ1v) is 10.1. The van der Waals surface area contributed by atoms with E-state index in [9.17, 15) is 4.79 Å². The van der Waals surface area contributed by atoms with Gasteiger partial charge in [0.2, 0.25) is 5.91 Å². The molecule has 1 aliphatic carbocycles. The van der Waals surface area contributed by atoms with E-state index in [0.29, 0.717) is 6.54 Å². The average Bonchev–Trinajstić information content (AvgIpc) is 3.19. The Bertz CT molecular complexity index is 854. The van der Waals surface area contributed by atoms with Crippen molar-refractivity contribution >= 4 is 46.6 Å². The van der Waals surface area contributed by atoms with Crippen LogP contribution in [0.25, 0.3) is 10.8 Å². The van der Waals surface area contributed by atoms with Crippen LogP contribution in [0.15, 0.2) is 47.5 Å². The third-order valence-electron chi connectivity index (χ3n) is 5.88. The second-order valence-electron chi connectivity index (χ2n) is 8.05. The zero-order chi connectivity index (χ0) is 20.1. The van der Waals surface area contributed by atoms with Gasteiger partial charge in [-0.3, -0.25) is 9.79 Å². The molecule has 0 heterocycles. The smallest absolute Gasteiger partial charge is 0.230 e. The number of hydrogen-bond donors (Lipinski definition) is 2. The lowest BCUT2D eigenvalue weighted by Gasteiger charge is -2.32. The maximum atomic E-state index is 12.8. The van der Waals surface area contributed by atoms with E-state index >= 15 is 0 Å². The van der Waals surface area contributed by atoms with Crippen LogP contribution in [0.5, 0.6) is 0 Å². The Morgan fingerprint density at radius 3 is 2.45 bits per heavy atom. The van der Waals surface area contributed by atoms with Gasteiger partial charge in [0.25, 0.3) is 0 Å². The van der Waals surface area contributed by atoms with Crippen LogP contribution >= 0.6 is 24.0 Å². The average molecular weight is 508 g/mol. The van der Waals surface area contributed by atoms with E-state index in [4.69, 9.17) is 0 Å². The number of aliphatic imine (C=N–C) groups is 1. The summed E-state index contributed by atoms with van der Waals surface area (Å²) in [6, 6.07) is 14.9. The highest BCUT2D eigenvalue weighted by atomic mass is 127. The van der Waals surface area contributed by atoms with Gasteiger partial charge in [-0.15, -0.1) is 24.0 Å². The monoisotopic (exact) mass is 508 g/mol. The fraction of sp³-hybridized carbons (Fsp3) is 0.478. The predicted octanol–water partition coefficient (Wildman–Crippen LogP) is 4.33. The molecule has 0 spiro atoms. The van der Waals surface area contributed by atoms with E-state index < -0.39 is 0 Å². The van der Waals surface area contributed by atoms with Crippen molar-refractivity contribution in [3.63, 3.8) is 0 Å². The maximum absolute atomic E-state index is 12.8. The van der Waals surface area contributed by atoms with Gasteiger partial charge in [0, 0.05) is 27.7 Å². The molecule has 1 saturated carbocycles. The summed E-state index contributed by atoms with van der Waals surface area (Å²) in [7, 11) is 5.47. The molecule has 0 radical (unpaired) electrons. The van der Waals surface area contributed by atoms with Crippen molar-refractivity contribution in [2.45, 2.75) is 38.6 Å². The number of rotatable bonds is 5. The van der Waals surface area contributed by atoms with Crippen molar-refractivity contribution in [3.05, 3.63) is 48.0 Å². The molecule has 1 aliphatic rings. The third kappa shape index (κ3) is 5.21. The third-order valence-corrected chi connectivity index (χ3v) is 5.88. The molecule has 1 atom stereocenters. The minimum Gasteiger partial charge on any atom is -0.355 e. The second kappa shape index (κ2) is 10.3. The first-order chi connectivity index (χ1) is 13.5. The molecule has 3 rings (SSSR count). The second-order valence-corrected chi connectivity index (χ2v) is 8.05. The summed E-state index contributed by atoms with van der Waals surface area (Å²) in [6.45, 7) is 2.76. The van der Waals surface area contributed by atoms with E-state index in [2.05, 4.69) is 65.0 Å². The molecule has 0 bridgehead atoms. The zero-order valence-corrected chi connectivity index (χ0v) is 20.2. The highest BCUT2D eigenvalue weighted by Crippen LogP contribution is 2.39. The van der Waals surface area contributed by atoms with Crippen LogP contribution in [0.4, 0.5) is 0 Å². The largest absolute Gasteiger partial charge is 0.355 e. The van der Waals surface area contributed by atoms with Crippen LogP contribution in [0.2, 0.25) is 0 Å². The molecule has 1 unspecified atom stereocenters. The van der Waals surface area contributed by atoms with Gasteiger partial charge in [-0.05, 0) is 36.1 Å². The molecular formula is C23H33IN4O. The quantitative estimate of drug-likeness (QED) is 0.359. The number of carbonyl (C=O) groups excluding carboxylic acids is 1. The Hall–Kier alpha value is -1.83. The molecule has 0 aromatic heterocycles. The van der Waals surface area contributed by atoms with Crippen molar-refractivity contribution in [1.29, 1.82) is 0 Å². The van der Waals surface area contributed by atoms with Gasteiger partial charge in [-0.1, -0.05) is 55.3 Å². The Morgan fingerprint density at radius 1 is 1.14 bits per heavy atom. The van der Waals surface area contributed by atoms with Gasteiger partial charge < -0.3 is 15.5 Å². The summed E-state index contributed by atoms with van der Waals surface area (Å²) in [5, 5.41) is 9.41. The molecular weight excluding hydrogens is 475 g/mol. The molecule has 5 nitrogen and oxygen atoms in total. The van der Waals surface area contributed by atoms with Gasteiger partial charge in [-0.2, -0.15) is 0 Å². The Kier molecular flexibility index (Phi) is 8.31. The normalized spacial score (nSPS) is 16.8. The number of amides is 1. The van der Waals surface area contributed by atoms with E-state index in [1.165, 1.54) is 16.3 Å². The lowest BCUT2D eigenvalue weighted by Crippen LogP contribution is -2.49. The summed E-state index contributed by atoms with van der Waals surface area (Å²) in [4.78, 5) is 18.9. The van der Waals surface area contributed by atoms with E-state index in [-0.39, 0.29) is 41.3 Å². The molecule has 1 amide bonds. The Labute approximate surface area is 191 Å². The number of carbonyl (C=O) groups is 1. The lowest BCUT2D eigenvalue weighted by molar-refractivity contribution is -0.138. The minimum atomic E-state index is -0.316. The first-order valence-electron chi connectivity index (χ1n) is 10.1. The number of halogens is 1. The molecule has 0 aliphatic heterocycles. The van der Waals surface area contributed by atoms with Crippen molar-refractivity contribution in [2.75, 3.05) is 27.7 Å². The first kappa shape index (κ1) is 23.4. The van der Waals surface area contributed by atoms with Gasteiger partial charge in [0.1, 0.15) is 0 Å². The molecule has 0 saturated heterocycles. The van der Waals surface area contributed by atoms with Gasteiger partial charge in [0.05, 0.1) is 11.5 Å².